The van der Waals surface area contributed by atoms with Gasteiger partial charge in [-0.15, -0.1) is 0 Å². The van der Waals surface area contributed by atoms with Crippen molar-refractivity contribution in [2.75, 3.05) is 11.9 Å². The molecule has 0 bridgehead atoms. The zero-order valence-corrected chi connectivity index (χ0v) is 12.3. The molecule has 0 aliphatic carbocycles. The Balaban J connectivity index is 1.86. The third kappa shape index (κ3) is 3.85. The molecule has 1 heterocycles. The highest BCUT2D eigenvalue weighted by molar-refractivity contribution is 6.30. The molecule has 0 spiro atoms. The number of hydrogen-bond donors (Lipinski definition) is 2. The summed E-state index contributed by atoms with van der Waals surface area (Å²) in [5.74, 6) is 0.814. The van der Waals surface area contributed by atoms with Crippen LogP contribution in [0.15, 0.2) is 41.0 Å². The van der Waals surface area contributed by atoms with Gasteiger partial charge in [0.25, 0.3) is 5.91 Å². The van der Waals surface area contributed by atoms with Crippen LogP contribution in [-0.4, -0.2) is 12.5 Å². The van der Waals surface area contributed by atoms with E-state index in [9.17, 15) is 4.79 Å². The van der Waals surface area contributed by atoms with E-state index < -0.39 is 0 Å². The third-order valence-electron chi connectivity index (χ3n) is 3.11. The van der Waals surface area contributed by atoms with Gasteiger partial charge in [0.1, 0.15) is 6.04 Å². The van der Waals surface area contributed by atoms with Crippen molar-refractivity contribution in [2.45, 2.75) is 19.9 Å². The van der Waals surface area contributed by atoms with E-state index in [4.69, 9.17) is 16.0 Å². The molecular weight excluding hydrogens is 276 g/mol. The van der Waals surface area contributed by atoms with Gasteiger partial charge in [-0.05, 0) is 49.7 Å². The van der Waals surface area contributed by atoms with Crippen LogP contribution in [0.3, 0.4) is 0 Å². The summed E-state index contributed by atoms with van der Waals surface area (Å²) >= 11 is 5.88. The number of halogens is 1. The van der Waals surface area contributed by atoms with Crippen molar-refractivity contribution in [2.24, 2.45) is 0 Å². The van der Waals surface area contributed by atoms with Crippen LogP contribution in [0.5, 0.6) is 0 Å². The number of anilines is 1. The predicted octanol–water partition coefficient (Wildman–Crippen LogP) is 2.50. The van der Waals surface area contributed by atoms with Crippen molar-refractivity contribution in [3.8, 4) is 0 Å². The molecule has 1 atom stereocenters. The van der Waals surface area contributed by atoms with Gasteiger partial charge in [0.15, 0.2) is 12.3 Å². The predicted molar refractivity (Wildman–Crippen MR) is 78.7 cm³/mol. The Bertz CT molecular complexity index is 582. The van der Waals surface area contributed by atoms with Gasteiger partial charge in [0, 0.05) is 10.7 Å². The SMILES string of the molecule is Cc1cc(Cl)ccc1NC(=O)C[NH2+][C@H](C)c1ccco1. The Morgan fingerprint density at radius 3 is 2.90 bits per heavy atom. The lowest BCUT2D eigenvalue weighted by Gasteiger charge is -2.10. The lowest BCUT2D eigenvalue weighted by Crippen LogP contribution is -2.86. The van der Waals surface area contributed by atoms with E-state index in [1.54, 1.807) is 12.3 Å². The monoisotopic (exact) mass is 293 g/mol. The molecule has 5 heteroatoms. The molecule has 0 aliphatic heterocycles. The van der Waals surface area contributed by atoms with Crippen LogP contribution < -0.4 is 10.6 Å². The Hall–Kier alpha value is -1.78. The summed E-state index contributed by atoms with van der Waals surface area (Å²) < 4.78 is 5.30. The lowest BCUT2D eigenvalue weighted by atomic mass is 10.2. The van der Waals surface area contributed by atoms with Crippen LogP contribution in [0, 0.1) is 6.92 Å². The molecule has 0 saturated heterocycles. The third-order valence-corrected chi connectivity index (χ3v) is 3.35. The molecule has 3 N–H and O–H groups in total. The Morgan fingerprint density at radius 2 is 2.25 bits per heavy atom. The minimum Gasteiger partial charge on any atom is -0.463 e. The normalized spacial score (nSPS) is 12.2. The topological polar surface area (TPSA) is 58.9 Å². The van der Waals surface area contributed by atoms with E-state index in [1.165, 1.54) is 0 Å². The fraction of sp³-hybridized carbons (Fsp3) is 0.267. The second-order valence-electron chi connectivity index (χ2n) is 4.75. The fourth-order valence-corrected chi connectivity index (χ4v) is 2.15. The quantitative estimate of drug-likeness (QED) is 0.890. The Kier molecular flexibility index (Phi) is 4.82. The average Bonchev–Trinajstić information content (AvgIpc) is 2.93. The summed E-state index contributed by atoms with van der Waals surface area (Å²) in [7, 11) is 0. The molecule has 20 heavy (non-hydrogen) atoms. The Labute approximate surface area is 123 Å². The summed E-state index contributed by atoms with van der Waals surface area (Å²) in [5, 5.41) is 5.47. The smallest absolute Gasteiger partial charge is 0.279 e. The van der Waals surface area contributed by atoms with Crippen molar-refractivity contribution < 1.29 is 14.5 Å². The number of hydrogen-bond acceptors (Lipinski definition) is 2. The van der Waals surface area contributed by atoms with Gasteiger partial charge in [-0.2, -0.15) is 0 Å². The van der Waals surface area contributed by atoms with Gasteiger partial charge in [-0.3, -0.25) is 4.79 Å². The maximum absolute atomic E-state index is 11.9. The van der Waals surface area contributed by atoms with Gasteiger partial charge >= 0.3 is 0 Å². The molecule has 2 rings (SSSR count). The number of amides is 1. The number of benzene rings is 1. The summed E-state index contributed by atoms with van der Waals surface area (Å²) in [5.41, 5.74) is 1.74. The van der Waals surface area contributed by atoms with E-state index in [1.807, 2.05) is 43.4 Å². The van der Waals surface area contributed by atoms with E-state index in [0.29, 0.717) is 11.6 Å². The zero-order valence-electron chi connectivity index (χ0n) is 11.5. The number of nitrogens with two attached hydrogens (primary N) is 1. The fourth-order valence-electron chi connectivity index (χ4n) is 1.92. The molecule has 0 unspecified atom stereocenters. The first kappa shape index (κ1) is 14.6. The average molecular weight is 294 g/mol. The maximum Gasteiger partial charge on any atom is 0.279 e. The largest absolute Gasteiger partial charge is 0.463 e. The van der Waals surface area contributed by atoms with Crippen LogP contribution >= 0.6 is 11.6 Å². The maximum atomic E-state index is 11.9. The van der Waals surface area contributed by atoms with Crippen molar-refractivity contribution in [1.82, 2.24) is 0 Å². The summed E-state index contributed by atoms with van der Waals surface area (Å²) in [6.45, 7) is 4.25. The number of rotatable bonds is 5. The first-order chi connectivity index (χ1) is 9.56. The minimum atomic E-state index is -0.0474. The number of quaternary nitrogens is 1. The lowest BCUT2D eigenvalue weighted by molar-refractivity contribution is -0.684. The molecule has 0 saturated carbocycles. The molecule has 4 nitrogen and oxygen atoms in total. The van der Waals surface area contributed by atoms with Crippen molar-refractivity contribution in [3.05, 3.63) is 52.9 Å². The first-order valence-electron chi connectivity index (χ1n) is 6.49. The van der Waals surface area contributed by atoms with Gasteiger partial charge in [0.2, 0.25) is 0 Å². The number of furan rings is 1. The van der Waals surface area contributed by atoms with E-state index in [2.05, 4.69) is 5.32 Å². The van der Waals surface area contributed by atoms with Crippen LogP contribution in [-0.2, 0) is 4.79 Å². The second-order valence-corrected chi connectivity index (χ2v) is 5.19. The highest BCUT2D eigenvalue weighted by Gasteiger charge is 2.14. The molecule has 1 aromatic carbocycles. The molecule has 0 radical (unpaired) electrons. The molecule has 0 fully saturated rings. The van der Waals surface area contributed by atoms with Gasteiger partial charge in [0.05, 0.1) is 6.26 Å². The summed E-state index contributed by atoms with van der Waals surface area (Å²) in [6.07, 6.45) is 1.64. The number of nitrogens with one attached hydrogen (secondary N) is 1. The summed E-state index contributed by atoms with van der Waals surface area (Å²) in [6, 6.07) is 9.26. The molecule has 1 amide bonds. The highest BCUT2D eigenvalue weighted by Crippen LogP contribution is 2.19. The molecular formula is C15H18ClN2O2+. The van der Waals surface area contributed by atoms with E-state index >= 15 is 0 Å². The highest BCUT2D eigenvalue weighted by atomic mass is 35.5. The number of carbonyl (C=O) groups excluding carboxylic acids is 1. The van der Waals surface area contributed by atoms with E-state index in [0.717, 1.165) is 17.0 Å². The summed E-state index contributed by atoms with van der Waals surface area (Å²) in [4.78, 5) is 11.9. The van der Waals surface area contributed by atoms with Crippen LogP contribution in [0.2, 0.25) is 5.02 Å². The molecule has 106 valence electrons. The number of aryl methyl sites for hydroxylation is 1. The number of carbonyl (C=O) groups is 1. The van der Waals surface area contributed by atoms with Crippen LogP contribution in [0.25, 0.3) is 0 Å². The second kappa shape index (κ2) is 6.59. The first-order valence-corrected chi connectivity index (χ1v) is 6.87. The standard InChI is InChI=1S/C15H17ClN2O2/c1-10-8-12(16)5-6-13(10)18-15(19)9-17-11(2)14-4-3-7-20-14/h3-8,11,17H,9H2,1-2H3,(H,18,19)/p+1/t11-/m1/s1. The van der Waals surface area contributed by atoms with Gasteiger partial charge in [-0.1, -0.05) is 11.6 Å². The van der Waals surface area contributed by atoms with Crippen LogP contribution in [0.1, 0.15) is 24.3 Å². The van der Waals surface area contributed by atoms with Gasteiger partial charge < -0.3 is 15.1 Å². The zero-order chi connectivity index (χ0) is 14.5. The van der Waals surface area contributed by atoms with E-state index in [-0.39, 0.29) is 11.9 Å². The minimum absolute atomic E-state index is 0.0474. The van der Waals surface area contributed by atoms with Crippen LogP contribution in [0.4, 0.5) is 5.69 Å². The molecule has 0 aliphatic rings. The van der Waals surface area contributed by atoms with Crippen molar-refractivity contribution >= 4 is 23.2 Å². The molecule has 2 aromatic rings. The Morgan fingerprint density at radius 1 is 1.45 bits per heavy atom. The molecule has 1 aromatic heterocycles. The van der Waals surface area contributed by atoms with Gasteiger partial charge in [-0.25, -0.2) is 0 Å². The van der Waals surface area contributed by atoms with Crippen molar-refractivity contribution in [3.63, 3.8) is 0 Å². The van der Waals surface area contributed by atoms with Crippen molar-refractivity contribution in [1.29, 1.82) is 0 Å².